The lowest BCUT2D eigenvalue weighted by atomic mass is 10.1. The highest BCUT2D eigenvalue weighted by molar-refractivity contribution is 7.09. The Kier molecular flexibility index (Phi) is 7.02. The Hall–Kier alpha value is -3.69. The molecule has 36 heavy (non-hydrogen) atoms. The predicted octanol–water partition coefficient (Wildman–Crippen LogP) is 5.23. The van der Waals surface area contributed by atoms with Crippen molar-refractivity contribution in [2.75, 3.05) is 0 Å². The van der Waals surface area contributed by atoms with E-state index < -0.39 is 0 Å². The summed E-state index contributed by atoms with van der Waals surface area (Å²) < 4.78 is 15.2. The molecular weight excluding hydrogens is 475 g/mol. The van der Waals surface area contributed by atoms with Crippen LogP contribution in [0.2, 0.25) is 0 Å². The standard InChI is InChI=1S/C27H27FN6OS/c1-3-25(26-30-31-32-34(26)15-19-7-9-22(28)10-8-19)33(17-23-5-4-12-36-23)16-21-14-20-13-18(2)6-11-24(20)29-27(21)35/h4-14,25H,3,15-17H2,1-2H3,(H,29,35). The molecule has 0 amide bonds. The highest BCUT2D eigenvalue weighted by atomic mass is 32.1. The van der Waals surface area contributed by atoms with Gasteiger partial charge in [0.25, 0.3) is 5.56 Å². The Bertz CT molecular complexity index is 1510. The minimum atomic E-state index is -0.278. The maximum Gasteiger partial charge on any atom is 0.252 e. The molecule has 2 aromatic carbocycles. The minimum absolute atomic E-state index is 0.0942. The largest absolute Gasteiger partial charge is 0.322 e. The van der Waals surface area contributed by atoms with E-state index in [0.717, 1.165) is 28.5 Å². The van der Waals surface area contributed by atoms with Crippen molar-refractivity contribution in [3.05, 3.63) is 110 Å². The second-order valence-electron chi connectivity index (χ2n) is 8.94. The van der Waals surface area contributed by atoms with E-state index in [1.807, 2.05) is 31.2 Å². The fourth-order valence-electron chi connectivity index (χ4n) is 4.52. The molecule has 0 radical (unpaired) electrons. The van der Waals surface area contributed by atoms with Crippen LogP contribution in [-0.2, 0) is 19.6 Å². The number of hydrogen-bond donors (Lipinski definition) is 1. The van der Waals surface area contributed by atoms with Gasteiger partial charge in [-0.2, -0.15) is 0 Å². The number of aromatic nitrogens is 5. The topological polar surface area (TPSA) is 79.7 Å². The number of fused-ring (bicyclic) bond motifs is 1. The highest BCUT2D eigenvalue weighted by Gasteiger charge is 2.26. The molecule has 1 unspecified atom stereocenters. The molecule has 184 valence electrons. The summed E-state index contributed by atoms with van der Waals surface area (Å²) in [5.74, 6) is 0.437. The zero-order valence-electron chi connectivity index (χ0n) is 20.2. The van der Waals surface area contributed by atoms with Gasteiger partial charge >= 0.3 is 0 Å². The molecule has 0 bridgehead atoms. The number of thiophene rings is 1. The van der Waals surface area contributed by atoms with Gasteiger partial charge in [0.05, 0.1) is 12.6 Å². The highest BCUT2D eigenvalue weighted by Crippen LogP contribution is 2.28. The predicted molar refractivity (Wildman–Crippen MR) is 139 cm³/mol. The summed E-state index contributed by atoms with van der Waals surface area (Å²) in [5, 5.41) is 15.6. The van der Waals surface area contributed by atoms with Crippen molar-refractivity contribution >= 4 is 22.2 Å². The molecule has 0 aliphatic carbocycles. The summed E-state index contributed by atoms with van der Waals surface area (Å²) in [6, 6.07) is 18.4. The fourth-order valence-corrected chi connectivity index (χ4v) is 5.25. The van der Waals surface area contributed by atoms with Crippen LogP contribution in [-0.4, -0.2) is 30.1 Å². The van der Waals surface area contributed by atoms with Gasteiger partial charge in [0, 0.05) is 29.0 Å². The molecule has 1 atom stereocenters. The van der Waals surface area contributed by atoms with Gasteiger partial charge < -0.3 is 4.98 Å². The average molecular weight is 503 g/mol. The maximum absolute atomic E-state index is 13.4. The lowest BCUT2D eigenvalue weighted by Crippen LogP contribution is -2.32. The van der Waals surface area contributed by atoms with Crippen LogP contribution in [0.1, 0.15) is 46.8 Å². The van der Waals surface area contributed by atoms with Crippen molar-refractivity contribution in [3.63, 3.8) is 0 Å². The molecule has 9 heteroatoms. The Balaban J connectivity index is 1.50. The second-order valence-corrected chi connectivity index (χ2v) is 9.98. The number of benzene rings is 2. The van der Waals surface area contributed by atoms with Gasteiger partial charge in [0.15, 0.2) is 5.82 Å². The Labute approximate surface area is 212 Å². The summed E-state index contributed by atoms with van der Waals surface area (Å²) in [6.07, 6.45) is 0.750. The average Bonchev–Trinajstić information content (AvgIpc) is 3.54. The molecule has 5 rings (SSSR count). The number of aryl methyl sites for hydroxylation is 1. The van der Waals surface area contributed by atoms with E-state index in [1.165, 1.54) is 17.0 Å². The second kappa shape index (κ2) is 10.5. The normalized spacial score (nSPS) is 12.4. The van der Waals surface area contributed by atoms with Crippen LogP contribution >= 0.6 is 11.3 Å². The van der Waals surface area contributed by atoms with E-state index in [1.54, 1.807) is 28.2 Å². The number of nitrogens with zero attached hydrogens (tertiary/aromatic N) is 5. The van der Waals surface area contributed by atoms with Gasteiger partial charge in [-0.1, -0.05) is 36.8 Å². The third-order valence-electron chi connectivity index (χ3n) is 6.32. The number of rotatable bonds is 9. The van der Waals surface area contributed by atoms with Crippen molar-refractivity contribution < 1.29 is 4.39 Å². The SMILES string of the molecule is CCC(c1nnnn1Cc1ccc(F)cc1)N(Cc1cccs1)Cc1cc2cc(C)ccc2[nH]c1=O. The number of halogens is 1. The smallest absolute Gasteiger partial charge is 0.252 e. The zero-order valence-corrected chi connectivity index (χ0v) is 21.0. The molecule has 0 aliphatic rings. The van der Waals surface area contributed by atoms with E-state index in [9.17, 15) is 9.18 Å². The first kappa shape index (κ1) is 24.0. The molecule has 0 saturated heterocycles. The lowest BCUT2D eigenvalue weighted by Gasteiger charge is -2.30. The van der Waals surface area contributed by atoms with Gasteiger partial charge in [-0.25, -0.2) is 9.07 Å². The van der Waals surface area contributed by atoms with Crippen molar-refractivity contribution in [1.82, 2.24) is 30.1 Å². The van der Waals surface area contributed by atoms with Crippen LogP contribution in [0.15, 0.2) is 70.8 Å². The van der Waals surface area contributed by atoms with Crippen LogP contribution in [0.4, 0.5) is 4.39 Å². The summed E-state index contributed by atoms with van der Waals surface area (Å²) in [4.78, 5) is 19.5. The van der Waals surface area contributed by atoms with E-state index in [0.29, 0.717) is 31.0 Å². The van der Waals surface area contributed by atoms with Crippen molar-refractivity contribution in [2.24, 2.45) is 0 Å². The van der Waals surface area contributed by atoms with E-state index in [-0.39, 0.29) is 17.4 Å². The van der Waals surface area contributed by atoms with Gasteiger partial charge in [-0.3, -0.25) is 9.69 Å². The zero-order chi connectivity index (χ0) is 25.1. The van der Waals surface area contributed by atoms with Crippen LogP contribution in [0.25, 0.3) is 10.9 Å². The molecule has 7 nitrogen and oxygen atoms in total. The molecule has 5 aromatic rings. The van der Waals surface area contributed by atoms with Gasteiger partial charge in [0.2, 0.25) is 0 Å². The Morgan fingerprint density at radius 2 is 1.94 bits per heavy atom. The Morgan fingerprint density at radius 1 is 1.11 bits per heavy atom. The van der Waals surface area contributed by atoms with Crippen molar-refractivity contribution in [1.29, 1.82) is 0 Å². The lowest BCUT2D eigenvalue weighted by molar-refractivity contribution is 0.163. The van der Waals surface area contributed by atoms with E-state index in [4.69, 9.17) is 0 Å². The van der Waals surface area contributed by atoms with Gasteiger partial charge in [0.1, 0.15) is 5.82 Å². The molecule has 0 spiro atoms. The fraction of sp³-hybridized carbons (Fsp3) is 0.259. The molecule has 3 aromatic heterocycles. The van der Waals surface area contributed by atoms with E-state index in [2.05, 4.69) is 49.8 Å². The quantitative estimate of drug-likeness (QED) is 0.299. The number of H-pyrrole nitrogens is 1. The molecule has 3 heterocycles. The summed E-state index contributed by atoms with van der Waals surface area (Å²) in [7, 11) is 0. The summed E-state index contributed by atoms with van der Waals surface area (Å²) >= 11 is 1.68. The monoisotopic (exact) mass is 502 g/mol. The number of pyridine rings is 1. The molecule has 0 aliphatic heterocycles. The van der Waals surface area contributed by atoms with Gasteiger partial charge in [-0.05, 0) is 76.5 Å². The molecule has 0 fully saturated rings. The molecular formula is C27H27FN6OS. The first-order valence-electron chi connectivity index (χ1n) is 11.9. The van der Waals surface area contributed by atoms with Crippen LogP contribution in [0.5, 0.6) is 0 Å². The number of aromatic amines is 1. The minimum Gasteiger partial charge on any atom is -0.322 e. The van der Waals surface area contributed by atoms with Crippen molar-refractivity contribution in [2.45, 2.75) is 45.9 Å². The first-order valence-corrected chi connectivity index (χ1v) is 12.8. The first-order chi connectivity index (χ1) is 17.5. The van der Waals surface area contributed by atoms with Crippen LogP contribution < -0.4 is 5.56 Å². The number of nitrogens with one attached hydrogen (secondary N) is 1. The van der Waals surface area contributed by atoms with Gasteiger partial charge in [-0.15, -0.1) is 16.4 Å². The maximum atomic E-state index is 13.4. The third kappa shape index (κ3) is 5.27. The molecule has 0 saturated carbocycles. The number of hydrogen-bond acceptors (Lipinski definition) is 6. The third-order valence-corrected chi connectivity index (χ3v) is 7.18. The van der Waals surface area contributed by atoms with Crippen LogP contribution in [0.3, 0.4) is 0 Å². The summed E-state index contributed by atoms with van der Waals surface area (Å²) in [5.41, 5.74) is 3.48. The van der Waals surface area contributed by atoms with Crippen LogP contribution in [0, 0.1) is 12.7 Å². The van der Waals surface area contributed by atoms with E-state index >= 15 is 0 Å². The summed E-state index contributed by atoms with van der Waals surface area (Å²) in [6.45, 7) is 5.67. The van der Waals surface area contributed by atoms with Crippen molar-refractivity contribution in [3.8, 4) is 0 Å². The Morgan fingerprint density at radius 3 is 2.69 bits per heavy atom. The number of tetrazole rings is 1. The molecule has 1 N–H and O–H groups in total.